The number of anilines is 1. The van der Waals surface area contributed by atoms with E-state index in [1.54, 1.807) is 46.2 Å². The van der Waals surface area contributed by atoms with Crippen LogP contribution in [0.4, 0.5) is 5.69 Å². The molecule has 2 aromatic carbocycles. The smallest absolute Gasteiger partial charge is 0.306 e. The number of ether oxygens (including phenoxy) is 1. The van der Waals surface area contributed by atoms with Crippen LogP contribution < -0.4 is 9.64 Å². The molecule has 2 aromatic rings. The van der Waals surface area contributed by atoms with Crippen molar-refractivity contribution >= 4 is 35.1 Å². The molecule has 2 amide bonds. The molecular weight excluding hydrogens is 508 g/mol. The van der Waals surface area contributed by atoms with Crippen molar-refractivity contribution in [2.45, 2.75) is 52.6 Å². The Morgan fingerprint density at radius 2 is 1.74 bits per heavy atom. The molecule has 0 radical (unpaired) electrons. The Hall–Kier alpha value is -3.10. The summed E-state index contributed by atoms with van der Waals surface area (Å²) in [4.78, 5) is 40.9. The molecule has 0 spiro atoms. The van der Waals surface area contributed by atoms with Gasteiger partial charge in [-0.2, -0.15) is 0 Å². The molecule has 3 rings (SSSR count). The Labute approximate surface area is 229 Å². The number of aliphatic hydroxyl groups is 1. The summed E-state index contributed by atoms with van der Waals surface area (Å²) in [6.07, 6.45) is -0.261. The van der Waals surface area contributed by atoms with Gasteiger partial charge in [-0.15, -0.1) is 0 Å². The van der Waals surface area contributed by atoms with Crippen molar-refractivity contribution in [2.75, 3.05) is 31.6 Å². The van der Waals surface area contributed by atoms with Crippen molar-refractivity contribution in [3.8, 4) is 5.75 Å². The molecule has 1 aliphatic heterocycles. The van der Waals surface area contributed by atoms with Crippen LogP contribution in [0, 0.1) is 11.3 Å². The Bertz CT molecular complexity index is 1150. The van der Waals surface area contributed by atoms with E-state index < -0.39 is 18.0 Å². The van der Waals surface area contributed by atoms with Gasteiger partial charge in [0.1, 0.15) is 11.9 Å². The molecule has 0 saturated carbocycles. The fourth-order valence-corrected chi connectivity index (χ4v) is 4.90. The Kier molecular flexibility index (Phi) is 9.79. The first-order valence-electron chi connectivity index (χ1n) is 12.8. The minimum Gasteiger partial charge on any atom is -0.496 e. The topological polar surface area (TPSA) is 107 Å². The number of benzene rings is 2. The third kappa shape index (κ3) is 7.48. The van der Waals surface area contributed by atoms with Gasteiger partial charge in [-0.3, -0.25) is 14.4 Å². The van der Waals surface area contributed by atoms with Crippen molar-refractivity contribution in [1.29, 1.82) is 0 Å². The summed E-state index contributed by atoms with van der Waals surface area (Å²) < 4.78 is 5.44. The molecule has 1 fully saturated rings. The number of methoxy groups -OCH3 is 1. The maximum atomic E-state index is 13.6. The summed E-state index contributed by atoms with van der Waals surface area (Å²) in [6.45, 7) is 7.15. The zero-order valence-electron chi connectivity index (χ0n) is 22.4. The molecule has 1 heterocycles. The lowest BCUT2D eigenvalue weighted by Crippen LogP contribution is -2.42. The number of amides is 2. The molecule has 0 bridgehead atoms. The average Bonchev–Trinajstić information content (AvgIpc) is 2.89. The number of rotatable bonds is 9. The van der Waals surface area contributed by atoms with Gasteiger partial charge in [-0.05, 0) is 42.5 Å². The second-order valence-corrected chi connectivity index (χ2v) is 11.3. The van der Waals surface area contributed by atoms with Crippen LogP contribution in [0.2, 0.25) is 5.02 Å². The van der Waals surface area contributed by atoms with E-state index in [4.69, 9.17) is 16.3 Å². The second-order valence-electron chi connectivity index (χ2n) is 10.9. The number of halogens is 1. The highest BCUT2D eigenvalue weighted by Gasteiger charge is 2.30. The molecule has 0 aromatic heterocycles. The molecule has 2 N–H and O–H groups in total. The van der Waals surface area contributed by atoms with Gasteiger partial charge in [0, 0.05) is 54.3 Å². The fraction of sp³-hybridized carbons (Fsp3) is 0.483. The molecule has 1 unspecified atom stereocenters. The lowest BCUT2D eigenvalue weighted by Gasteiger charge is -2.33. The predicted octanol–water partition coefficient (Wildman–Crippen LogP) is 4.91. The summed E-state index contributed by atoms with van der Waals surface area (Å²) >= 11 is 6.33. The van der Waals surface area contributed by atoms with Crippen molar-refractivity contribution in [3.05, 3.63) is 58.6 Å². The number of aliphatic hydroxyl groups excluding tert-OH is 1. The number of nitrogens with zero attached hydrogens (tertiary/aromatic N) is 2. The van der Waals surface area contributed by atoms with Crippen LogP contribution in [-0.4, -0.2) is 59.6 Å². The van der Waals surface area contributed by atoms with Gasteiger partial charge < -0.3 is 24.7 Å². The zero-order chi connectivity index (χ0) is 28.0. The zero-order valence-corrected chi connectivity index (χ0v) is 23.2. The Morgan fingerprint density at radius 1 is 1.08 bits per heavy atom. The number of para-hydroxylation sites is 1. The number of hydrogen-bond acceptors (Lipinski definition) is 5. The Balaban J connectivity index is 1.85. The van der Waals surface area contributed by atoms with Gasteiger partial charge in [0.25, 0.3) is 0 Å². The van der Waals surface area contributed by atoms with Crippen LogP contribution in [-0.2, 0) is 14.4 Å². The van der Waals surface area contributed by atoms with Gasteiger partial charge in [-0.25, -0.2) is 0 Å². The maximum absolute atomic E-state index is 13.6. The first-order chi connectivity index (χ1) is 17.9. The van der Waals surface area contributed by atoms with Crippen LogP contribution >= 0.6 is 11.6 Å². The SMILES string of the molecule is COc1ccccc1C(O)c1cc(Cl)ccc1N(CC(C)(C)C)C(=O)CCC(=O)N1CCC(C(=O)O)CC1. The summed E-state index contributed by atoms with van der Waals surface area (Å²) in [7, 11) is 1.53. The number of aliphatic carboxylic acids is 1. The van der Waals surface area contributed by atoms with E-state index >= 15 is 0 Å². The summed E-state index contributed by atoms with van der Waals surface area (Å²) in [5, 5.41) is 21.0. The van der Waals surface area contributed by atoms with Crippen molar-refractivity contribution < 1.29 is 29.3 Å². The molecule has 1 aliphatic rings. The summed E-state index contributed by atoms with van der Waals surface area (Å²) in [6, 6.07) is 12.2. The highest BCUT2D eigenvalue weighted by molar-refractivity contribution is 6.30. The largest absolute Gasteiger partial charge is 0.496 e. The number of carbonyl (C=O) groups excluding carboxylic acids is 2. The van der Waals surface area contributed by atoms with E-state index in [1.165, 1.54) is 7.11 Å². The van der Waals surface area contributed by atoms with E-state index in [9.17, 15) is 24.6 Å². The summed E-state index contributed by atoms with van der Waals surface area (Å²) in [5.74, 6) is -1.16. The van der Waals surface area contributed by atoms with Crippen LogP contribution in [0.5, 0.6) is 5.75 Å². The van der Waals surface area contributed by atoms with Crippen molar-refractivity contribution in [3.63, 3.8) is 0 Å². The highest BCUT2D eigenvalue weighted by atomic mass is 35.5. The van der Waals surface area contributed by atoms with E-state index in [2.05, 4.69) is 0 Å². The normalized spacial score (nSPS) is 15.2. The molecule has 1 saturated heterocycles. The van der Waals surface area contributed by atoms with Crippen molar-refractivity contribution in [2.24, 2.45) is 11.3 Å². The number of carbonyl (C=O) groups is 3. The number of carboxylic acid groups (broad SMARTS) is 1. The molecule has 38 heavy (non-hydrogen) atoms. The number of likely N-dealkylation sites (tertiary alicyclic amines) is 1. The average molecular weight is 545 g/mol. The van der Waals surface area contributed by atoms with E-state index in [0.29, 0.717) is 60.1 Å². The van der Waals surface area contributed by atoms with E-state index in [0.717, 1.165) is 0 Å². The highest BCUT2D eigenvalue weighted by Crippen LogP contribution is 2.38. The number of carboxylic acids is 1. The van der Waals surface area contributed by atoms with Crippen LogP contribution in [0.15, 0.2) is 42.5 Å². The first kappa shape index (κ1) is 29.5. The van der Waals surface area contributed by atoms with Crippen LogP contribution in [0.3, 0.4) is 0 Å². The minimum absolute atomic E-state index is 0.0133. The molecule has 9 heteroatoms. The third-order valence-electron chi connectivity index (χ3n) is 6.69. The molecule has 206 valence electrons. The number of hydrogen-bond donors (Lipinski definition) is 2. The quantitative estimate of drug-likeness (QED) is 0.464. The maximum Gasteiger partial charge on any atom is 0.306 e. The molecule has 1 atom stereocenters. The second kappa shape index (κ2) is 12.6. The van der Waals surface area contributed by atoms with Gasteiger partial charge >= 0.3 is 5.97 Å². The standard InChI is InChI=1S/C29H37ClN2O6/c1-29(2,3)18-32(26(34)12-11-25(33)31-15-13-19(14-16-31)28(36)37)23-10-9-20(30)17-22(23)27(35)21-7-5-6-8-24(21)38-4/h5-10,17,19,27,35H,11-16,18H2,1-4H3,(H,36,37). The van der Waals surface area contributed by atoms with Gasteiger partial charge in [-0.1, -0.05) is 50.6 Å². The van der Waals surface area contributed by atoms with Crippen LogP contribution in [0.25, 0.3) is 0 Å². The predicted molar refractivity (Wildman–Crippen MR) is 146 cm³/mol. The van der Waals surface area contributed by atoms with E-state index in [1.807, 2.05) is 26.8 Å². The summed E-state index contributed by atoms with van der Waals surface area (Å²) in [5.41, 5.74) is 1.25. The lowest BCUT2D eigenvalue weighted by molar-refractivity contribution is -0.145. The van der Waals surface area contributed by atoms with Crippen molar-refractivity contribution in [1.82, 2.24) is 4.90 Å². The van der Waals surface area contributed by atoms with E-state index in [-0.39, 0.29) is 30.1 Å². The Morgan fingerprint density at radius 3 is 2.34 bits per heavy atom. The van der Waals surface area contributed by atoms with Gasteiger partial charge in [0.05, 0.1) is 13.0 Å². The third-order valence-corrected chi connectivity index (χ3v) is 6.93. The first-order valence-corrected chi connectivity index (χ1v) is 13.2. The van der Waals surface area contributed by atoms with Gasteiger partial charge in [0.2, 0.25) is 11.8 Å². The molecule has 8 nitrogen and oxygen atoms in total. The molecule has 0 aliphatic carbocycles. The van der Waals surface area contributed by atoms with Gasteiger partial charge in [0.15, 0.2) is 0 Å². The molecular formula is C29H37ClN2O6. The lowest BCUT2D eigenvalue weighted by atomic mass is 9.93. The number of piperidine rings is 1. The van der Waals surface area contributed by atoms with Crippen LogP contribution in [0.1, 0.15) is 63.7 Å². The fourth-order valence-electron chi connectivity index (χ4n) is 4.71. The monoisotopic (exact) mass is 544 g/mol. The minimum atomic E-state index is -1.10.